The molecule has 2 unspecified atom stereocenters. The quantitative estimate of drug-likeness (QED) is 0.700. The van der Waals surface area contributed by atoms with E-state index >= 15 is 0 Å². The number of amides is 1. The lowest BCUT2D eigenvalue weighted by Gasteiger charge is -2.16. The van der Waals surface area contributed by atoms with Crippen molar-refractivity contribution >= 4 is 23.3 Å². The standard InChI is InChI=1S/C17H25N3O3/c1-3-19-14-8-6-12(17(22)23-4-2)10-15(14)20-16(21)11-5-7-13(18)9-11/h6,8,10-11,13,19H,3-5,7,9,18H2,1-2H3,(H,20,21). The third-order valence-electron chi connectivity index (χ3n) is 4.00. The molecule has 0 spiro atoms. The van der Waals surface area contributed by atoms with Crippen LogP contribution < -0.4 is 16.4 Å². The summed E-state index contributed by atoms with van der Waals surface area (Å²) in [6.07, 6.45) is 2.39. The van der Waals surface area contributed by atoms with Gasteiger partial charge in [-0.15, -0.1) is 0 Å². The van der Waals surface area contributed by atoms with Crippen LogP contribution in [0.5, 0.6) is 0 Å². The number of rotatable bonds is 6. The summed E-state index contributed by atoms with van der Waals surface area (Å²) in [5.41, 5.74) is 7.69. The topological polar surface area (TPSA) is 93.5 Å². The Bertz CT molecular complexity index is 574. The molecule has 1 saturated carbocycles. The third-order valence-corrected chi connectivity index (χ3v) is 4.00. The number of hydrogen-bond donors (Lipinski definition) is 3. The Morgan fingerprint density at radius 1 is 1.26 bits per heavy atom. The van der Waals surface area contributed by atoms with E-state index in [1.54, 1.807) is 25.1 Å². The lowest BCUT2D eigenvalue weighted by atomic mass is 10.1. The summed E-state index contributed by atoms with van der Waals surface area (Å²) in [6, 6.07) is 5.23. The molecule has 0 bridgehead atoms. The van der Waals surface area contributed by atoms with Crippen molar-refractivity contribution in [2.45, 2.75) is 39.2 Å². The van der Waals surface area contributed by atoms with Crippen LogP contribution in [0.3, 0.4) is 0 Å². The van der Waals surface area contributed by atoms with Crippen molar-refractivity contribution in [1.82, 2.24) is 0 Å². The smallest absolute Gasteiger partial charge is 0.338 e. The molecule has 1 aliphatic carbocycles. The molecule has 0 radical (unpaired) electrons. The Labute approximate surface area is 136 Å². The summed E-state index contributed by atoms with van der Waals surface area (Å²) >= 11 is 0. The normalized spacial score (nSPS) is 20.1. The van der Waals surface area contributed by atoms with E-state index in [-0.39, 0.29) is 17.9 Å². The molecule has 0 aliphatic heterocycles. The van der Waals surface area contributed by atoms with Crippen molar-refractivity contribution in [3.05, 3.63) is 23.8 Å². The minimum absolute atomic E-state index is 0.0434. The highest BCUT2D eigenvalue weighted by molar-refractivity contribution is 5.99. The van der Waals surface area contributed by atoms with Gasteiger partial charge in [0.25, 0.3) is 0 Å². The molecular weight excluding hydrogens is 294 g/mol. The summed E-state index contributed by atoms with van der Waals surface area (Å²) in [5, 5.41) is 6.12. The highest BCUT2D eigenvalue weighted by Gasteiger charge is 2.28. The van der Waals surface area contributed by atoms with Crippen LogP contribution in [0, 0.1) is 5.92 Å². The molecular formula is C17H25N3O3. The molecule has 23 heavy (non-hydrogen) atoms. The molecule has 2 rings (SSSR count). The lowest BCUT2D eigenvalue weighted by Crippen LogP contribution is -2.24. The Balaban J connectivity index is 2.17. The molecule has 2 atom stereocenters. The van der Waals surface area contributed by atoms with Gasteiger partial charge in [-0.3, -0.25) is 4.79 Å². The molecule has 1 aromatic carbocycles. The maximum Gasteiger partial charge on any atom is 0.338 e. The van der Waals surface area contributed by atoms with Crippen molar-refractivity contribution in [3.8, 4) is 0 Å². The monoisotopic (exact) mass is 319 g/mol. The van der Waals surface area contributed by atoms with Gasteiger partial charge in [-0.2, -0.15) is 0 Å². The second kappa shape index (κ2) is 7.97. The van der Waals surface area contributed by atoms with E-state index in [2.05, 4.69) is 10.6 Å². The molecule has 0 heterocycles. The van der Waals surface area contributed by atoms with Gasteiger partial charge in [0.2, 0.25) is 5.91 Å². The molecule has 1 aliphatic rings. The maximum absolute atomic E-state index is 12.4. The summed E-state index contributed by atoms with van der Waals surface area (Å²) in [5.74, 6) is -0.502. The van der Waals surface area contributed by atoms with E-state index in [4.69, 9.17) is 10.5 Å². The zero-order valence-electron chi connectivity index (χ0n) is 13.7. The van der Waals surface area contributed by atoms with E-state index in [0.29, 0.717) is 24.3 Å². The Kier molecular flexibility index (Phi) is 5.98. The van der Waals surface area contributed by atoms with Crippen molar-refractivity contribution < 1.29 is 14.3 Å². The van der Waals surface area contributed by atoms with Crippen LogP contribution in [0.2, 0.25) is 0 Å². The number of nitrogens with two attached hydrogens (primary N) is 1. The van der Waals surface area contributed by atoms with E-state index in [1.165, 1.54) is 0 Å². The van der Waals surface area contributed by atoms with Crippen LogP contribution in [0.25, 0.3) is 0 Å². The van der Waals surface area contributed by atoms with Gasteiger partial charge in [-0.1, -0.05) is 0 Å². The van der Waals surface area contributed by atoms with Crippen LogP contribution in [0.15, 0.2) is 18.2 Å². The fourth-order valence-corrected chi connectivity index (χ4v) is 2.82. The van der Waals surface area contributed by atoms with E-state index in [9.17, 15) is 9.59 Å². The average molecular weight is 319 g/mol. The van der Waals surface area contributed by atoms with Gasteiger partial charge in [0.15, 0.2) is 0 Å². The van der Waals surface area contributed by atoms with Crippen LogP contribution >= 0.6 is 0 Å². The Morgan fingerprint density at radius 3 is 2.65 bits per heavy atom. The Morgan fingerprint density at radius 2 is 2.04 bits per heavy atom. The van der Waals surface area contributed by atoms with Crippen molar-refractivity contribution in [2.75, 3.05) is 23.8 Å². The van der Waals surface area contributed by atoms with E-state index in [0.717, 1.165) is 25.1 Å². The minimum Gasteiger partial charge on any atom is -0.462 e. The zero-order valence-corrected chi connectivity index (χ0v) is 13.7. The molecule has 6 heteroatoms. The predicted molar refractivity (Wildman–Crippen MR) is 90.5 cm³/mol. The van der Waals surface area contributed by atoms with Crippen LogP contribution in [-0.2, 0) is 9.53 Å². The predicted octanol–water partition coefficient (Wildman–Crippen LogP) is 2.36. The third kappa shape index (κ3) is 4.45. The second-order valence-corrected chi connectivity index (χ2v) is 5.77. The van der Waals surface area contributed by atoms with Gasteiger partial charge < -0.3 is 21.1 Å². The van der Waals surface area contributed by atoms with Gasteiger partial charge in [-0.05, 0) is 51.3 Å². The number of ether oxygens (including phenoxy) is 1. The first-order chi connectivity index (χ1) is 11.0. The first kappa shape index (κ1) is 17.3. The lowest BCUT2D eigenvalue weighted by molar-refractivity contribution is -0.119. The van der Waals surface area contributed by atoms with Crippen molar-refractivity contribution in [2.24, 2.45) is 11.7 Å². The number of anilines is 2. The minimum atomic E-state index is -0.395. The fraction of sp³-hybridized carbons (Fsp3) is 0.529. The summed E-state index contributed by atoms with van der Waals surface area (Å²) in [7, 11) is 0. The number of carbonyl (C=O) groups excluding carboxylic acids is 2. The molecule has 1 fully saturated rings. The summed E-state index contributed by atoms with van der Waals surface area (Å²) < 4.78 is 5.01. The first-order valence-corrected chi connectivity index (χ1v) is 8.16. The van der Waals surface area contributed by atoms with Gasteiger partial charge in [0.1, 0.15) is 0 Å². The largest absolute Gasteiger partial charge is 0.462 e. The summed E-state index contributed by atoms with van der Waals surface area (Å²) in [6.45, 7) is 4.77. The molecule has 1 amide bonds. The zero-order chi connectivity index (χ0) is 16.8. The number of nitrogens with one attached hydrogen (secondary N) is 2. The van der Waals surface area contributed by atoms with Gasteiger partial charge >= 0.3 is 5.97 Å². The number of benzene rings is 1. The maximum atomic E-state index is 12.4. The number of carbonyl (C=O) groups is 2. The van der Waals surface area contributed by atoms with Crippen LogP contribution in [0.1, 0.15) is 43.5 Å². The van der Waals surface area contributed by atoms with Gasteiger partial charge in [0.05, 0.1) is 23.5 Å². The highest BCUT2D eigenvalue weighted by Crippen LogP contribution is 2.28. The van der Waals surface area contributed by atoms with E-state index < -0.39 is 5.97 Å². The van der Waals surface area contributed by atoms with Gasteiger partial charge in [-0.25, -0.2) is 4.79 Å². The second-order valence-electron chi connectivity index (χ2n) is 5.77. The molecule has 0 saturated heterocycles. The Hall–Kier alpha value is -2.08. The van der Waals surface area contributed by atoms with E-state index in [1.807, 2.05) is 6.92 Å². The van der Waals surface area contributed by atoms with Crippen molar-refractivity contribution in [3.63, 3.8) is 0 Å². The fourth-order valence-electron chi connectivity index (χ4n) is 2.82. The SMILES string of the molecule is CCNc1ccc(C(=O)OCC)cc1NC(=O)C1CCC(N)C1. The summed E-state index contributed by atoms with van der Waals surface area (Å²) in [4.78, 5) is 24.3. The molecule has 4 N–H and O–H groups in total. The van der Waals surface area contributed by atoms with Gasteiger partial charge in [0, 0.05) is 18.5 Å². The number of hydrogen-bond acceptors (Lipinski definition) is 5. The van der Waals surface area contributed by atoms with Crippen LogP contribution in [-0.4, -0.2) is 31.1 Å². The highest BCUT2D eigenvalue weighted by atomic mass is 16.5. The molecule has 6 nitrogen and oxygen atoms in total. The first-order valence-electron chi connectivity index (χ1n) is 8.16. The van der Waals surface area contributed by atoms with Crippen molar-refractivity contribution in [1.29, 1.82) is 0 Å². The molecule has 1 aromatic rings. The molecule has 0 aromatic heterocycles. The molecule has 126 valence electrons. The van der Waals surface area contributed by atoms with Crippen LogP contribution in [0.4, 0.5) is 11.4 Å². The average Bonchev–Trinajstić information content (AvgIpc) is 2.96. The number of esters is 1.